The minimum Gasteiger partial charge on any atom is -0.311 e. The molecule has 0 saturated heterocycles. The van der Waals surface area contributed by atoms with Crippen LogP contribution in [0.2, 0.25) is 0 Å². The van der Waals surface area contributed by atoms with Gasteiger partial charge in [-0.15, -0.1) is 0 Å². The Balaban J connectivity index is 1.46. The normalized spacial score (nSPS) is 29.4. The summed E-state index contributed by atoms with van der Waals surface area (Å²) < 4.78 is 12.8. The molecule has 1 aromatic carbocycles. The van der Waals surface area contributed by atoms with Crippen LogP contribution in [0.4, 0.5) is 4.39 Å². The number of nitrogens with one attached hydrogen (secondary N) is 1. The Labute approximate surface area is 109 Å². The smallest absolute Gasteiger partial charge is 0.123 e. The molecular formula is C16H22FN. The molecule has 1 N–H and O–H groups in total. The van der Waals surface area contributed by atoms with Crippen molar-refractivity contribution in [1.82, 2.24) is 5.32 Å². The lowest BCUT2D eigenvalue weighted by molar-refractivity contribution is 0.188. The molecule has 2 heteroatoms. The van der Waals surface area contributed by atoms with E-state index in [1.807, 2.05) is 12.1 Å². The van der Waals surface area contributed by atoms with E-state index in [0.717, 1.165) is 5.92 Å². The highest BCUT2D eigenvalue weighted by atomic mass is 19.1. The Morgan fingerprint density at radius 3 is 2.39 bits per heavy atom. The van der Waals surface area contributed by atoms with Crippen LogP contribution in [0.25, 0.3) is 0 Å². The van der Waals surface area contributed by atoms with Gasteiger partial charge in [0, 0.05) is 12.1 Å². The third-order valence-corrected chi connectivity index (χ3v) is 4.84. The molecule has 1 atom stereocenters. The quantitative estimate of drug-likeness (QED) is 0.852. The van der Waals surface area contributed by atoms with Gasteiger partial charge in [-0.1, -0.05) is 18.6 Å². The summed E-state index contributed by atoms with van der Waals surface area (Å²) in [6, 6.07) is 8.38. The fraction of sp³-hybridized carbons (Fsp3) is 0.625. The Hall–Kier alpha value is -0.890. The van der Waals surface area contributed by atoms with Crippen LogP contribution in [-0.4, -0.2) is 12.1 Å². The van der Waals surface area contributed by atoms with Crippen molar-refractivity contribution in [3.63, 3.8) is 0 Å². The summed E-state index contributed by atoms with van der Waals surface area (Å²) in [4.78, 5) is 0. The second kappa shape index (κ2) is 5.00. The van der Waals surface area contributed by atoms with E-state index < -0.39 is 0 Å². The van der Waals surface area contributed by atoms with Gasteiger partial charge in [-0.3, -0.25) is 0 Å². The molecule has 1 aromatic rings. The lowest BCUT2D eigenvalue weighted by Gasteiger charge is -2.41. The van der Waals surface area contributed by atoms with Crippen LogP contribution >= 0.6 is 0 Å². The molecule has 3 rings (SSSR count). The van der Waals surface area contributed by atoms with E-state index in [0.29, 0.717) is 18.0 Å². The maximum absolute atomic E-state index is 12.8. The van der Waals surface area contributed by atoms with Crippen LogP contribution in [0.5, 0.6) is 0 Å². The monoisotopic (exact) mass is 247 g/mol. The highest BCUT2D eigenvalue weighted by Crippen LogP contribution is 2.38. The number of rotatable bonds is 4. The van der Waals surface area contributed by atoms with Gasteiger partial charge in [0.15, 0.2) is 0 Å². The first-order chi connectivity index (χ1) is 8.72. The van der Waals surface area contributed by atoms with E-state index >= 15 is 0 Å². The first-order valence-electron chi connectivity index (χ1n) is 7.24. The van der Waals surface area contributed by atoms with Crippen LogP contribution in [0.3, 0.4) is 0 Å². The highest BCUT2D eigenvalue weighted by molar-refractivity contribution is 5.23. The molecule has 98 valence electrons. The summed E-state index contributed by atoms with van der Waals surface area (Å²) in [7, 11) is 0. The van der Waals surface area contributed by atoms with Gasteiger partial charge in [0.05, 0.1) is 0 Å². The van der Waals surface area contributed by atoms with Gasteiger partial charge in [-0.25, -0.2) is 4.39 Å². The minimum atomic E-state index is -0.133. The van der Waals surface area contributed by atoms with Gasteiger partial charge in [0.2, 0.25) is 0 Å². The van der Waals surface area contributed by atoms with Crippen LogP contribution in [-0.2, 0) is 0 Å². The summed E-state index contributed by atoms with van der Waals surface area (Å²) in [5, 5.41) is 3.76. The average molecular weight is 247 g/mol. The second-order valence-corrected chi connectivity index (χ2v) is 6.06. The van der Waals surface area contributed by atoms with E-state index in [2.05, 4.69) is 12.2 Å². The standard InChI is InChI=1S/C16H22FN/c1-11(12-3-2-4-12)18-16-9-14(10-16)13-5-7-15(17)8-6-13/h5-8,11-12,14,16,18H,2-4,9-10H2,1H3. The van der Waals surface area contributed by atoms with E-state index in [-0.39, 0.29) is 5.82 Å². The third-order valence-electron chi connectivity index (χ3n) is 4.84. The van der Waals surface area contributed by atoms with Crippen molar-refractivity contribution < 1.29 is 4.39 Å². The predicted octanol–water partition coefficient (Wildman–Crippen LogP) is 3.85. The summed E-state index contributed by atoms with van der Waals surface area (Å²) >= 11 is 0. The van der Waals surface area contributed by atoms with Crippen LogP contribution < -0.4 is 5.32 Å². The lowest BCUT2D eigenvalue weighted by atomic mass is 9.74. The summed E-state index contributed by atoms with van der Waals surface area (Å²) in [5.74, 6) is 1.41. The first-order valence-corrected chi connectivity index (χ1v) is 7.24. The van der Waals surface area contributed by atoms with Gasteiger partial charge < -0.3 is 5.32 Å². The fourth-order valence-electron chi connectivity index (χ4n) is 3.21. The summed E-state index contributed by atoms with van der Waals surface area (Å²) in [6.45, 7) is 2.33. The molecule has 0 heterocycles. The molecule has 0 spiro atoms. The third kappa shape index (κ3) is 2.44. The van der Waals surface area contributed by atoms with E-state index in [1.165, 1.54) is 37.7 Å². The Morgan fingerprint density at radius 1 is 1.17 bits per heavy atom. The Bertz CT molecular complexity index is 390. The summed E-state index contributed by atoms with van der Waals surface area (Å²) in [6.07, 6.45) is 6.65. The summed E-state index contributed by atoms with van der Waals surface area (Å²) in [5.41, 5.74) is 1.30. The molecule has 0 aromatic heterocycles. The number of benzene rings is 1. The molecule has 2 saturated carbocycles. The molecule has 18 heavy (non-hydrogen) atoms. The largest absolute Gasteiger partial charge is 0.311 e. The van der Waals surface area contributed by atoms with Crippen molar-refractivity contribution in [3.05, 3.63) is 35.6 Å². The molecule has 0 radical (unpaired) electrons. The zero-order valence-electron chi connectivity index (χ0n) is 11.0. The topological polar surface area (TPSA) is 12.0 Å². The second-order valence-electron chi connectivity index (χ2n) is 6.06. The van der Waals surface area contributed by atoms with Crippen molar-refractivity contribution in [2.24, 2.45) is 5.92 Å². The molecular weight excluding hydrogens is 225 g/mol. The highest BCUT2D eigenvalue weighted by Gasteiger charge is 2.33. The predicted molar refractivity (Wildman–Crippen MR) is 72.1 cm³/mol. The zero-order chi connectivity index (χ0) is 12.5. The van der Waals surface area contributed by atoms with Crippen LogP contribution in [0.1, 0.15) is 50.5 Å². The molecule has 2 aliphatic carbocycles. The first kappa shape index (κ1) is 12.2. The number of halogens is 1. The number of hydrogen-bond donors (Lipinski definition) is 1. The van der Waals surface area contributed by atoms with E-state index in [4.69, 9.17) is 0 Å². The lowest BCUT2D eigenvalue weighted by Crippen LogP contribution is -2.48. The maximum Gasteiger partial charge on any atom is 0.123 e. The van der Waals surface area contributed by atoms with Crippen molar-refractivity contribution >= 4 is 0 Å². The van der Waals surface area contributed by atoms with Gasteiger partial charge in [-0.2, -0.15) is 0 Å². The SMILES string of the molecule is CC(NC1CC(c2ccc(F)cc2)C1)C1CCC1. The molecule has 2 aliphatic rings. The molecule has 0 bridgehead atoms. The van der Waals surface area contributed by atoms with Gasteiger partial charge in [0.1, 0.15) is 5.82 Å². The molecule has 1 unspecified atom stereocenters. The van der Waals surface area contributed by atoms with E-state index in [9.17, 15) is 4.39 Å². The van der Waals surface area contributed by atoms with Crippen LogP contribution in [0.15, 0.2) is 24.3 Å². The van der Waals surface area contributed by atoms with Crippen molar-refractivity contribution in [2.45, 2.75) is 57.0 Å². The minimum absolute atomic E-state index is 0.133. The zero-order valence-corrected chi connectivity index (χ0v) is 11.0. The van der Waals surface area contributed by atoms with Crippen molar-refractivity contribution in [1.29, 1.82) is 0 Å². The Morgan fingerprint density at radius 2 is 1.83 bits per heavy atom. The van der Waals surface area contributed by atoms with Crippen molar-refractivity contribution in [3.8, 4) is 0 Å². The van der Waals surface area contributed by atoms with Gasteiger partial charge in [-0.05, 0) is 62.1 Å². The van der Waals surface area contributed by atoms with Gasteiger partial charge in [0.25, 0.3) is 0 Å². The molecule has 0 aliphatic heterocycles. The molecule has 0 amide bonds. The average Bonchev–Trinajstić information content (AvgIpc) is 2.22. The van der Waals surface area contributed by atoms with Crippen LogP contribution in [0, 0.1) is 11.7 Å². The number of hydrogen-bond acceptors (Lipinski definition) is 1. The molecule has 1 nitrogen and oxygen atoms in total. The van der Waals surface area contributed by atoms with E-state index in [1.54, 1.807) is 12.1 Å². The Kier molecular flexibility index (Phi) is 3.38. The maximum atomic E-state index is 12.8. The molecule has 2 fully saturated rings. The fourth-order valence-corrected chi connectivity index (χ4v) is 3.21. The van der Waals surface area contributed by atoms with Crippen molar-refractivity contribution in [2.75, 3.05) is 0 Å². The van der Waals surface area contributed by atoms with Gasteiger partial charge >= 0.3 is 0 Å².